The van der Waals surface area contributed by atoms with Gasteiger partial charge in [0.15, 0.2) is 18.2 Å². The Bertz CT molecular complexity index is 837. The number of carbonyl (C=O) groups is 2. The summed E-state index contributed by atoms with van der Waals surface area (Å²) in [5.74, 6) is -3.40. The van der Waals surface area contributed by atoms with Crippen molar-refractivity contribution in [2.45, 2.75) is 55.6 Å². The number of hydrogen-bond acceptors (Lipinski definition) is 12. The zero-order chi connectivity index (χ0) is 24.1. The largest absolute Gasteiger partial charge is 0.469 e. The van der Waals surface area contributed by atoms with Gasteiger partial charge >= 0.3 is 11.9 Å². The summed E-state index contributed by atoms with van der Waals surface area (Å²) >= 11 is 0. The van der Waals surface area contributed by atoms with Crippen molar-refractivity contribution >= 4 is 11.9 Å². The summed E-state index contributed by atoms with van der Waals surface area (Å²) in [4.78, 5) is 24.8. The van der Waals surface area contributed by atoms with E-state index < -0.39 is 85.0 Å². The summed E-state index contributed by atoms with van der Waals surface area (Å²) in [6, 6.07) is 0. The number of hydrogen-bond donors (Lipinski definition) is 5. The van der Waals surface area contributed by atoms with Crippen LogP contribution in [0.2, 0.25) is 0 Å². The quantitative estimate of drug-likeness (QED) is 0.207. The maximum Gasteiger partial charge on any atom is 0.337 e. The van der Waals surface area contributed by atoms with Crippen molar-refractivity contribution in [3.05, 3.63) is 23.8 Å². The van der Waals surface area contributed by atoms with Crippen LogP contribution in [0.25, 0.3) is 0 Å². The van der Waals surface area contributed by atoms with Gasteiger partial charge in [-0.05, 0) is 19.1 Å². The van der Waals surface area contributed by atoms with Crippen LogP contribution in [0.3, 0.4) is 0 Å². The standard InChI is InChI=1S/C21H28O12/c1-8(23)10-5-21(33-18(10)28)4-3-9-11(17(27)29-2)7-30-19(13(9)21)32-20-16(26)15(25)14(24)12(6-22)31-20/h3-5,8-9,11-16,19-20,22-26H,6-7H2,1-2H3/t8-,9+,11+,12-,13-,14-,15+,16+,19+,20-,21-/m1/s1. The molecule has 3 aliphatic heterocycles. The van der Waals surface area contributed by atoms with E-state index in [-0.39, 0.29) is 12.2 Å². The van der Waals surface area contributed by atoms with Gasteiger partial charge in [-0.3, -0.25) is 4.79 Å². The highest BCUT2D eigenvalue weighted by atomic mass is 16.8. The maximum atomic E-state index is 12.4. The van der Waals surface area contributed by atoms with Crippen molar-refractivity contribution in [2.24, 2.45) is 17.8 Å². The van der Waals surface area contributed by atoms with Gasteiger partial charge in [-0.2, -0.15) is 0 Å². The predicted octanol–water partition coefficient (Wildman–Crippen LogP) is -2.65. The molecule has 0 aromatic carbocycles. The van der Waals surface area contributed by atoms with Crippen LogP contribution in [0.5, 0.6) is 0 Å². The second-order valence-corrected chi connectivity index (χ2v) is 8.65. The Kier molecular flexibility index (Phi) is 6.64. The van der Waals surface area contributed by atoms with Crippen LogP contribution < -0.4 is 0 Å². The molecule has 0 radical (unpaired) electrons. The van der Waals surface area contributed by atoms with Crippen molar-refractivity contribution in [1.29, 1.82) is 0 Å². The van der Waals surface area contributed by atoms with Gasteiger partial charge in [-0.25, -0.2) is 4.79 Å². The van der Waals surface area contributed by atoms with E-state index in [0.29, 0.717) is 0 Å². The first-order valence-corrected chi connectivity index (χ1v) is 10.6. The zero-order valence-corrected chi connectivity index (χ0v) is 18.0. The maximum absolute atomic E-state index is 12.4. The molecule has 1 aliphatic carbocycles. The van der Waals surface area contributed by atoms with Crippen LogP contribution in [0.1, 0.15) is 6.92 Å². The number of ether oxygens (including phenoxy) is 5. The normalized spacial score (nSPS) is 45.5. The van der Waals surface area contributed by atoms with Gasteiger partial charge in [0.1, 0.15) is 24.4 Å². The average Bonchev–Trinajstić information content (AvgIpc) is 3.34. The number of aliphatic hydroxyl groups excluding tert-OH is 5. The predicted molar refractivity (Wildman–Crippen MR) is 105 cm³/mol. The molecule has 3 heterocycles. The van der Waals surface area contributed by atoms with Crippen LogP contribution >= 0.6 is 0 Å². The molecule has 0 unspecified atom stereocenters. The van der Waals surface area contributed by atoms with E-state index >= 15 is 0 Å². The molecule has 4 aliphatic rings. The molecule has 5 N–H and O–H groups in total. The van der Waals surface area contributed by atoms with Crippen molar-refractivity contribution in [3.8, 4) is 0 Å². The summed E-state index contributed by atoms with van der Waals surface area (Å²) in [6.07, 6.45) is -5.19. The van der Waals surface area contributed by atoms with Crippen molar-refractivity contribution < 1.29 is 58.8 Å². The monoisotopic (exact) mass is 472 g/mol. The van der Waals surface area contributed by atoms with Gasteiger partial charge in [0.05, 0.1) is 43.8 Å². The van der Waals surface area contributed by atoms with E-state index in [1.807, 2.05) is 0 Å². The average molecular weight is 472 g/mol. The van der Waals surface area contributed by atoms with E-state index in [9.17, 15) is 35.1 Å². The second kappa shape index (κ2) is 9.04. The van der Waals surface area contributed by atoms with Gasteiger partial charge in [-0.15, -0.1) is 0 Å². The van der Waals surface area contributed by atoms with Gasteiger partial charge in [0.2, 0.25) is 0 Å². The highest BCUT2D eigenvalue weighted by Gasteiger charge is 2.60. The first-order chi connectivity index (χ1) is 15.6. The summed E-state index contributed by atoms with van der Waals surface area (Å²) in [5, 5.41) is 49.8. The fourth-order valence-corrected chi connectivity index (χ4v) is 4.89. The summed E-state index contributed by atoms with van der Waals surface area (Å²) in [6.45, 7) is 0.659. The lowest BCUT2D eigenvalue weighted by molar-refractivity contribution is -0.357. The van der Waals surface area contributed by atoms with Gasteiger partial charge in [0.25, 0.3) is 0 Å². The minimum atomic E-state index is -1.68. The molecule has 0 aromatic rings. The summed E-state index contributed by atoms with van der Waals surface area (Å²) in [5.41, 5.74) is -1.37. The lowest BCUT2D eigenvalue weighted by atomic mass is 9.75. The number of carbonyl (C=O) groups excluding carboxylic acids is 2. The molecule has 1 spiro atoms. The van der Waals surface area contributed by atoms with E-state index in [4.69, 9.17) is 23.7 Å². The summed E-state index contributed by atoms with van der Waals surface area (Å²) < 4.78 is 27.5. The van der Waals surface area contributed by atoms with Crippen molar-refractivity contribution in [1.82, 2.24) is 0 Å². The molecule has 184 valence electrons. The van der Waals surface area contributed by atoms with Crippen LogP contribution in [-0.2, 0) is 33.3 Å². The minimum Gasteiger partial charge on any atom is -0.469 e. The molecular formula is C21H28O12. The third kappa shape index (κ3) is 4.00. The lowest BCUT2D eigenvalue weighted by Crippen LogP contribution is -2.61. The minimum absolute atomic E-state index is 0.0343. The molecule has 0 saturated carbocycles. The number of esters is 2. The molecule has 0 aromatic heterocycles. The first-order valence-electron chi connectivity index (χ1n) is 10.6. The Morgan fingerprint density at radius 3 is 2.58 bits per heavy atom. The molecule has 12 heteroatoms. The van der Waals surface area contributed by atoms with Gasteiger partial charge < -0.3 is 49.2 Å². The third-order valence-electron chi connectivity index (χ3n) is 6.67. The SMILES string of the molecule is COC(=O)[C@H]1CO[C@@H](O[C@H]2O[C@H](CO)[C@@H](O)[C@H](O)[C@@H]2O)[C@H]2[C@H]1C=C[C@@]21C=C([C@@H](C)O)C(=O)O1. The Balaban J connectivity index is 1.65. The lowest BCUT2D eigenvalue weighted by Gasteiger charge is -2.46. The molecular weight excluding hydrogens is 444 g/mol. The fourth-order valence-electron chi connectivity index (χ4n) is 4.89. The highest BCUT2D eigenvalue weighted by Crippen LogP contribution is 2.51. The molecule has 4 rings (SSSR count). The Hall–Kier alpha value is -1.90. The Morgan fingerprint density at radius 1 is 1.24 bits per heavy atom. The van der Waals surface area contributed by atoms with Crippen LogP contribution in [0.15, 0.2) is 23.8 Å². The van der Waals surface area contributed by atoms with E-state index in [1.165, 1.54) is 20.1 Å². The van der Waals surface area contributed by atoms with E-state index in [0.717, 1.165) is 0 Å². The zero-order valence-electron chi connectivity index (χ0n) is 18.0. The number of methoxy groups -OCH3 is 1. The Labute approximate surface area is 188 Å². The highest BCUT2D eigenvalue weighted by molar-refractivity contribution is 5.93. The molecule has 2 fully saturated rings. The topological polar surface area (TPSA) is 181 Å². The number of aliphatic hydroxyl groups is 5. The number of allylic oxidation sites excluding steroid dienone is 1. The summed E-state index contributed by atoms with van der Waals surface area (Å²) in [7, 11) is 1.24. The van der Waals surface area contributed by atoms with Gasteiger partial charge in [-0.1, -0.05) is 6.08 Å². The Morgan fingerprint density at radius 2 is 1.97 bits per heavy atom. The molecule has 33 heavy (non-hydrogen) atoms. The molecule has 12 nitrogen and oxygen atoms in total. The first kappa shape index (κ1) is 24.2. The van der Waals surface area contributed by atoms with Crippen LogP contribution in [0, 0.1) is 17.8 Å². The third-order valence-corrected chi connectivity index (χ3v) is 6.67. The number of fused-ring (bicyclic) bond motifs is 2. The molecule has 0 bridgehead atoms. The van der Waals surface area contributed by atoms with Crippen molar-refractivity contribution in [3.63, 3.8) is 0 Å². The molecule has 2 saturated heterocycles. The molecule has 11 atom stereocenters. The number of rotatable bonds is 5. The second-order valence-electron chi connectivity index (χ2n) is 8.65. The smallest absolute Gasteiger partial charge is 0.337 e. The van der Waals surface area contributed by atoms with Crippen LogP contribution in [0.4, 0.5) is 0 Å². The van der Waals surface area contributed by atoms with E-state index in [2.05, 4.69) is 0 Å². The fraction of sp³-hybridized carbons (Fsp3) is 0.714. The van der Waals surface area contributed by atoms with Crippen molar-refractivity contribution in [2.75, 3.05) is 20.3 Å². The molecule has 0 amide bonds. The van der Waals surface area contributed by atoms with E-state index in [1.54, 1.807) is 12.2 Å². The van der Waals surface area contributed by atoms with Gasteiger partial charge in [0, 0.05) is 5.92 Å². The van der Waals surface area contributed by atoms with Crippen LogP contribution in [-0.4, -0.2) is 106 Å².